The molecule has 140 valence electrons. The molecule has 0 aromatic heterocycles. The number of nitrogens with zero attached hydrogens (tertiary/aromatic N) is 2. The molecule has 0 aromatic rings. The molecule has 2 saturated carbocycles. The van der Waals surface area contributed by atoms with Gasteiger partial charge in [0.1, 0.15) is 0 Å². The maximum absolute atomic E-state index is 5.40. The highest BCUT2D eigenvalue weighted by molar-refractivity contribution is 8.14. The van der Waals surface area contributed by atoms with Crippen molar-refractivity contribution >= 4 is 16.8 Å². The normalized spacial score (nSPS) is 50.6. The van der Waals surface area contributed by atoms with Gasteiger partial charge in [0.15, 0.2) is 0 Å². The summed E-state index contributed by atoms with van der Waals surface area (Å²) in [7, 11) is 2.42. The van der Waals surface area contributed by atoms with Gasteiger partial charge >= 0.3 is 0 Å². The largest absolute Gasteiger partial charge is 0.300 e. The summed E-state index contributed by atoms with van der Waals surface area (Å²) in [6.45, 7) is 2.47. The first kappa shape index (κ1) is 17.1. The van der Waals surface area contributed by atoms with Crippen LogP contribution >= 0.6 is 11.8 Å². The second-order valence-electron chi connectivity index (χ2n) is 9.88. The van der Waals surface area contributed by atoms with E-state index in [0.29, 0.717) is 6.04 Å². The average molecular weight is 361 g/mol. The van der Waals surface area contributed by atoms with E-state index < -0.39 is 0 Å². The lowest BCUT2D eigenvalue weighted by Crippen LogP contribution is -2.51. The molecule has 0 spiro atoms. The van der Waals surface area contributed by atoms with Gasteiger partial charge < -0.3 is 0 Å². The molecule has 2 saturated heterocycles. The Morgan fingerprint density at radius 1 is 0.960 bits per heavy atom. The third-order valence-electron chi connectivity index (χ3n) is 8.50. The van der Waals surface area contributed by atoms with E-state index in [1.807, 2.05) is 0 Å². The van der Waals surface area contributed by atoms with Crippen molar-refractivity contribution in [2.45, 2.75) is 101 Å². The van der Waals surface area contributed by atoms with Gasteiger partial charge in [-0.1, -0.05) is 32.6 Å². The summed E-state index contributed by atoms with van der Waals surface area (Å²) in [4.78, 5) is 8.16. The van der Waals surface area contributed by atoms with Crippen molar-refractivity contribution in [1.82, 2.24) is 4.90 Å². The number of fused-ring (bicyclic) bond motifs is 3. The molecular formula is C22H36N2S. The molecule has 2 nitrogen and oxygen atoms in total. The van der Waals surface area contributed by atoms with Crippen LogP contribution in [0.15, 0.2) is 4.99 Å². The van der Waals surface area contributed by atoms with Crippen molar-refractivity contribution in [3.63, 3.8) is 0 Å². The van der Waals surface area contributed by atoms with Crippen LogP contribution in [-0.4, -0.2) is 40.4 Å². The molecule has 2 aliphatic carbocycles. The first-order chi connectivity index (χ1) is 12.2. The highest BCUT2D eigenvalue weighted by Gasteiger charge is 2.51. The van der Waals surface area contributed by atoms with Crippen molar-refractivity contribution in [3.8, 4) is 0 Å². The Morgan fingerprint density at radius 3 is 2.56 bits per heavy atom. The molecule has 0 amide bonds. The minimum atomic E-state index is 0.671. The minimum absolute atomic E-state index is 0.671. The zero-order chi connectivity index (χ0) is 17.0. The summed E-state index contributed by atoms with van der Waals surface area (Å²) >= 11 is 2.23. The SMILES string of the molecule is CC1CCC([C@H]2C[C@H]3CCC([C@H]2C2=NC4CCCCC4S2)N3C)CC1. The van der Waals surface area contributed by atoms with E-state index in [1.165, 1.54) is 70.6 Å². The Kier molecular flexibility index (Phi) is 4.69. The maximum Gasteiger partial charge on any atom is 0.0732 e. The van der Waals surface area contributed by atoms with E-state index in [-0.39, 0.29) is 0 Å². The van der Waals surface area contributed by atoms with Crippen LogP contribution in [0.4, 0.5) is 0 Å². The number of piperidine rings is 1. The molecule has 5 rings (SSSR count). The molecule has 0 radical (unpaired) electrons. The Hall–Kier alpha value is -0.0200. The summed E-state index contributed by atoms with van der Waals surface area (Å²) in [6, 6.07) is 2.35. The quantitative estimate of drug-likeness (QED) is 0.658. The van der Waals surface area contributed by atoms with Crippen molar-refractivity contribution < 1.29 is 0 Å². The summed E-state index contributed by atoms with van der Waals surface area (Å²) < 4.78 is 0. The predicted molar refractivity (Wildman–Crippen MR) is 108 cm³/mol. The van der Waals surface area contributed by atoms with Gasteiger partial charge in [0.05, 0.1) is 11.1 Å². The van der Waals surface area contributed by atoms with Gasteiger partial charge in [-0.2, -0.15) is 0 Å². The molecule has 0 aromatic carbocycles. The van der Waals surface area contributed by atoms with Gasteiger partial charge in [-0.15, -0.1) is 11.8 Å². The summed E-state index contributed by atoms with van der Waals surface area (Å²) in [5, 5.41) is 2.44. The molecule has 2 bridgehead atoms. The van der Waals surface area contributed by atoms with Gasteiger partial charge in [-0.3, -0.25) is 9.89 Å². The van der Waals surface area contributed by atoms with E-state index >= 15 is 0 Å². The lowest BCUT2D eigenvalue weighted by molar-refractivity contribution is 0.0538. The van der Waals surface area contributed by atoms with Crippen LogP contribution in [-0.2, 0) is 0 Å². The first-order valence-electron chi connectivity index (χ1n) is 11.2. The second-order valence-corrected chi connectivity index (χ2v) is 11.1. The third kappa shape index (κ3) is 3.02. The fourth-order valence-corrected chi connectivity index (χ4v) is 8.56. The van der Waals surface area contributed by atoms with Gasteiger partial charge in [0.25, 0.3) is 0 Å². The predicted octanol–water partition coefficient (Wildman–Crippen LogP) is 5.37. The van der Waals surface area contributed by atoms with E-state index in [9.17, 15) is 0 Å². The molecule has 3 unspecified atom stereocenters. The molecule has 4 fully saturated rings. The molecule has 3 aliphatic heterocycles. The van der Waals surface area contributed by atoms with E-state index in [2.05, 4.69) is 30.6 Å². The number of hydrogen-bond acceptors (Lipinski definition) is 3. The van der Waals surface area contributed by atoms with Crippen LogP contribution in [0.1, 0.15) is 77.6 Å². The Morgan fingerprint density at radius 2 is 1.76 bits per heavy atom. The highest BCUT2D eigenvalue weighted by atomic mass is 32.2. The minimum Gasteiger partial charge on any atom is -0.300 e. The average Bonchev–Trinajstić information content (AvgIpc) is 3.14. The first-order valence-corrected chi connectivity index (χ1v) is 12.0. The van der Waals surface area contributed by atoms with E-state index in [1.54, 1.807) is 5.04 Å². The summed E-state index contributed by atoms with van der Waals surface area (Å²) in [5.41, 5.74) is 0. The maximum atomic E-state index is 5.40. The molecular weight excluding hydrogens is 324 g/mol. The molecule has 3 heterocycles. The third-order valence-corrected chi connectivity index (χ3v) is 9.97. The Bertz CT molecular complexity index is 524. The van der Waals surface area contributed by atoms with Crippen molar-refractivity contribution in [2.24, 2.45) is 28.7 Å². The fourth-order valence-electron chi connectivity index (χ4n) is 6.93. The molecule has 25 heavy (non-hydrogen) atoms. The molecule has 3 heteroatoms. The van der Waals surface area contributed by atoms with Crippen LogP contribution < -0.4 is 0 Å². The molecule has 6 atom stereocenters. The van der Waals surface area contributed by atoms with E-state index in [4.69, 9.17) is 4.99 Å². The van der Waals surface area contributed by atoms with Crippen molar-refractivity contribution in [1.29, 1.82) is 0 Å². The van der Waals surface area contributed by atoms with Crippen molar-refractivity contribution in [3.05, 3.63) is 0 Å². The Balaban J connectivity index is 1.41. The van der Waals surface area contributed by atoms with Gasteiger partial charge in [0, 0.05) is 23.3 Å². The van der Waals surface area contributed by atoms with Crippen LogP contribution in [0, 0.1) is 23.7 Å². The highest BCUT2D eigenvalue weighted by Crippen LogP contribution is 2.52. The van der Waals surface area contributed by atoms with Crippen LogP contribution in [0.5, 0.6) is 0 Å². The number of thioether (sulfide) groups is 1. The molecule has 5 aliphatic rings. The smallest absolute Gasteiger partial charge is 0.0732 e. The van der Waals surface area contributed by atoms with Gasteiger partial charge in [0.2, 0.25) is 0 Å². The van der Waals surface area contributed by atoms with Crippen LogP contribution in [0.25, 0.3) is 0 Å². The Labute approximate surface area is 158 Å². The number of hydrogen-bond donors (Lipinski definition) is 0. The molecule has 0 N–H and O–H groups in total. The van der Waals surface area contributed by atoms with E-state index in [0.717, 1.165) is 41.0 Å². The van der Waals surface area contributed by atoms with Crippen molar-refractivity contribution in [2.75, 3.05) is 7.05 Å². The second kappa shape index (κ2) is 6.86. The number of rotatable bonds is 2. The number of aliphatic imine (C=N–C) groups is 1. The zero-order valence-electron chi connectivity index (χ0n) is 16.2. The van der Waals surface area contributed by atoms with Gasteiger partial charge in [-0.25, -0.2) is 0 Å². The monoisotopic (exact) mass is 360 g/mol. The van der Waals surface area contributed by atoms with Gasteiger partial charge in [-0.05, 0) is 69.7 Å². The summed E-state index contributed by atoms with van der Waals surface area (Å²) in [5.74, 6) is 3.67. The fraction of sp³-hybridized carbons (Fsp3) is 0.955. The lowest BCUT2D eigenvalue weighted by Gasteiger charge is -2.47. The zero-order valence-corrected chi connectivity index (χ0v) is 17.0. The standard InChI is InChI=1S/C22H36N2S/c1-14-7-9-15(10-8-14)17-13-16-11-12-19(24(16)2)21(17)22-23-18-5-3-4-6-20(18)25-22/h14-21H,3-13H2,1-2H3/t14?,15?,16-,17-,18?,19?,20?,21+/m1/s1. The van der Waals surface area contributed by atoms with Crippen LogP contribution in [0.3, 0.4) is 0 Å². The lowest BCUT2D eigenvalue weighted by atomic mass is 9.67. The topological polar surface area (TPSA) is 15.6 Å². The summed E-state index contributed by atoms with van der Waals surface area (Å²) in [6.07, 6.45) is 15.9. The van der Waals surface area contributed by atoms with Crippen LogP contribution in [0.2, 0.25) is 0 Å².